The fraction of sp³-hybridized carbons (Fsp3) is 0.231. The Morgan fingerprint density at radius 2 is 1.97 bits per heavy atom. The van der Waals surface area contributed by atoms with Gasteiger partial charge in [0.25, 0.3) is 0 Å². The van der Waals surface area contributed by atoms with Crippen LogP contribution in [0.5, 0.6) is 0 Å². The first-order valence-corrected chi connectivity index (χ1v) is 11.2. The highest BCUT2D eigenvalue weighted by Crippen LogP contribution is 2.24. The molecule has 0 unspecified atom stereocenters. The summed E-state index contributed by atoms with van der Waals surface area (Å²) in [5, 5.41) is 25.0. The van der Waals surface area contributed by atoms with Crippen LogP contribution in [0.3, 0.4) is 0 Å². The second-order valence-electron chi connectivity index (χ2n) is 8.22. The molecule has 170 valence electrons. The maximum absolute atomic E-state index is 11.8. The third-order valence-electron chi connectivity index (χ3n) is 5.67. The van der Waals surface area contributed by atoms with Gasteiger partial charge >= 0.3 is 5.97 Å². The Kier molecular flexibility index (Phi) is 7.08. The number of aliphatic hydroxyl groups excluding tert-OH is 1. The van der Waals surface area contributed by atoms with E-state index in [4.69, 9.17) is 11.6 Å². The maximum Gasteiger partial charge on any atom is 0.352 e. The molecule has 0 amide bonds. The number of nitrogens with one attached hydrogen (secondary N) is 1. The molecule has 0 saturated heterocycles. The van der Waals surface area contributed by atoms with Crippen LogP contribution >= 0.6 is 11.6 Å². The lowest BCUT2D eigenvalue weighted by atomic mass is 10.0. The van der Waals surface area contributed by atoms with Gasteiger partial charge in [-0.15, -0.1) is 0 Å². The first-order chi connectivity index (χ1) is 15.9. The van der Waals surface area contributed by atoms with Crippen molar-refractivity contribution in [1.29, 1.82) is 0 Å². The van der Waals surface area contributed by atoms with Crippen molar-refractivity contribution >= 4 is 28.5 Å². The number of rotatable bonds is 9. The highest BCUT2D eigenvalue weighted by Gasteiger charge is 2.16. The zero-order valence-corrected chi connectivity index (χ0v) is 19.0. The quantitative estimate of drug-likeness (QED) is 0.335. The van der Waals surface area contributed by atoms with E-state index in [9.17, 15) is 15.0 Å². The molecule has 0 aliphatic heterocycles. The number of halogens is 1. The Morgan fingerprint density at radius 1 is 1.12 bits per heavy atom. The molecule has 6 nitrogen and oxygen atoms in total. The fourth-order valence-electron chi connectivity index (χ4n) is 4.02. The molecule has 33 heavy (non-hydrogen) atoms. The third kappa shape index (κ3) is 5.60. The Labute approximate surface area is 197 Å². The van der Waals surface area contributed by atoms with Crippen molar-refractivity contribution in [1.82, 2.24) is 14.9 Å². The molecule has 0 bridgehead atoms. The minimum Gasteiger partial charge on any atom is -0.477 e. The van der Waals surface area contributed by atoms with Crippen molar-refractivity contribution in [2.24, 2.45) is 0 Å². The molecular formula is C26H26ClN3O3. The van der Waals surface area contributed by atoms with Gasteiger partial charge in [0.05, 0.1) is 18.3 Å². The molecule has 0 saturated carbocycles. The summed E-state index contributed by atoms with van der Waals surface area (Å²) in [6, 6.07) is 20.7. The Bertz CT molecular complexity index is 1260. The molecular weight excluding hydrogens is 438 g/mol. The van der Waals surface area contributed by atoms with E-state index in [1.807, 2.05) is 48.5 Å². The summed E-state index contributed by atoms with van der Waals surface area (Å²) in [6.45, 7) is 2.86. The zero-order chi connectivity index (χ0) is 23.4. The molecule has 2 aromatic carbocycles. The monoisotopic (exact) mass is 463 g/mol. The smallest absolute Gasteiger partial charge is 0.352 e. The van der Waals surface area contributed by atoms with Gasteiger partial charge in [0.2, 0.25) is 0 Å². The number of carbonyl (C=O) groups is 1. The summed E-state index contributed by atoms with van der Waals surface area (Å²) in [6.07, 6.45) is 1.80. The number of carboxylic acids is 1. The van der Waals surface area contributed by atoms with Crippen molar-refractivity contribution in [3.8, 4) is 0 Å². The van der Waals surface area contributed by atoms with E-state index in [0.29, 0.717) is 18.1 Å². The topological polar surface area (TPSA) is 87.4 Å². The average molecular weight is 464 g/mol. The van der Waals surface area contributed by atoms with Gasteiger partial charge in [-0.25, -0.2) is 4.79 Å². The van der Waals surface area contributed by atoms with Gasteiger partial charge < -0.3 is 20.1 Å². The number of nitrogens with zero attached hydrogens (tertiary/aromatic N) is 2. The molecule has 0 radical (unpaired) electrons. The van der Waals surface area contributed by atoms with Gasteiger partial charge in [-0.1, -0.05) is 35.9 Å². The number of fused-ring (bicyclic) bond motifs is 1. The predicted octanol–water partition coefficient (Wildman–Crippen LogP) is 4.69. The molecule has 2 heterocycles. The lowest BCUT2D eigenvalue weighted by Gasteiger charge is -2.18. The van der Waals surface area contributed by atoms with Gasteiger partial charge in [-0.2, -0.15) is 0 Å². The van der Waals surface area contributed by atoms with Crippen molar-refractivity contribution in [3.63, 3.8) is 0 Å². The van der Waals surface area contributed by atoms with Crippen LogP contribution < -0.4 is 5.32 Å². The average Bonchev–Trinajstić information content (AvgIpc) is 3.16. The van der Waals surface area contributed by atoms with Crippen LogP contribution in [0.2, 0.25) is 5.02 Å². The first kappa shape index (κ1) is 23.0. The normalized spacial score (nSPS) is 13.2. The first-order valence-electron chi connectivity index (χ1n) is 10.8. The molecule has 0 spiro atoms. The number of pyridine rings is 1. The molecule has 0 fully saturated rings. The number of aromatic nitrogens is 2. The molecule has 3 N–H and O–H groups in total. The van der Waals surface area contributed by atoms with Gasteiger partial charge in [0.1, 0.15) is 5.69 Å². The number of carboxylic acid groups (broad SMARTS) is 1. The van der Waals surface area contributed by atoms with Crippen molar-refractivity contribution < 1.29 is 15.0 Å². The van der Waals surface area contributed by atoms with Crippen LogP contribution in [0.25, 0.3) is 10.9 Å². The largest absolute Gasteiger partial charge is 0.477 e. The Hall–Kier alpha value is -3.19. The summed E-state index contributed by atoms with van der Waals surface area (Å²) in [4.78, 5) is 16.2. The number of aromatic carboxylic acids is 1. The molecule has 4 rings (SSSR count). The molecule has 2 atom stereocenters. The molecule has 0 aliphatic carbocycles. The Balaban J connectivity index is 1.47. The van der Waals surface area contributed by atoms with Crippen LogP contribution in [0.15, 0.2) is 72.9 Å². The lowest BCUT2D eigenvalue weighted by Crippen LogP contribution is -2.32. The van der Waals surface area contributed by atoms with Gasteiger partial charge in [0.15, 0.2) is 0 Å². The van der Waals surface area contributed by atoms with E-state index < -0.39 is 12.1 Å². The number of hydrogen-bond donors (Lipinski definition) is 3. The number of hydrogen-bond acceptors (Lipinski definition) is 4. The second-order valence-corrected chi connectivity index (χ2v) is 8.66. The standard InChI is InChI=1S/C26H26ClN3O3/c1-17(29-15-25(31)19-5-4-6-21(27)13-19)11-18-8-9-23-20(12-18)14-24(26(32)33)30(23)16-22-7-2-3-10-28-22/h2-10,12-14,17,25,29,31H,11,15-16H2,1H3,(H,32,33)/t17-,25+/m1/s1. The third-order valence-corrected chi connectivity index (χ3v) is 5.90. The highest BCUT2D eigenvalue weighted by atomic mass is 35.5. The number of benzene rings is 2. The van der Waals surface area contributed by atoms with Crippen LogP contribution in [0.1, 0.15) is 40.3 Å². The van der Waals surface area contributed by atoms with E-state index in [1.54, 1.807) is 29.0 Å². The van der Waals surface area contributed by atoms with Gasteiger partial charge in [0, 0.05) is 34.7 Å². The highest BCUT2D eigenvalue weighted by molar-refractivity contribution is 6.30. The van der Waals surface area contributed by atoms with Crippen molar-refractivity contribution in [2.45, 2.75) is 32.0 Å². The minimum absolute atomic E-state index is 0.117. The summed E-state index contributed by atoms with van der Waals surface area (Å²) in [7, 11) is 0. The van der Waals surface area contributed by atoms with E-state index in [-0.39, 0.29) is 11.7 Å². The molecule has 4 aromatic rings. The van der Waals surface area contributed by atoms with Gasteiger partial charge in [-0.3, -0.25) is 4.98 Å². The van der Waals surface area contributed by atoms with E-state index in [2.05, 4.69) is 17.2 Å². The summed E-state index contributed by atoms with van der Waals surface area (Å²) < 4.78 is 1.78. The summed E-state index contributed by atoms with van der Waals surface area (Å²) in [5.74, 6) is -0.964. The summed E-state index contributed by atoms with van der Waals surface area (Å²) in [5.41, 5.74) is 3.77. The zero-order valence-electron chi connectivity index (χ0n) is 18.3. The van der Waals surface area contributed by atoms with Crippen LogP contribution in [-0.2, 0) is 13.0 Å². The Morgan fingerprint density at radius 3 is 2.70 bits per heavy atom. The SMILES string of the molecule is C[C@H](Cc1ccc2c(c1)cc(C(=O)O)n2Cc1ccccn1)NC[C@H](O)c1cccc(Cl)c1. The van der Waals surface area contributed by atoms with E-state index >= 15 is 0 Å². The molecule has 2 aromatic heterocycles. The van der Waals surface area contributed by atoms with Crippen LogP contribution in [0, 0.1) is 0 Å². The minimum atomic E-state index is -0.964. The maximum atomic E-state index is 11.8. The summed E-state index contributed by atoms with van der Waals surface area (Å²) >= 11 is 6.01. The fourth-order valence-corrected chi connectivity index (χ4v) is 4.22. The number of aliphatic hydroxyl groups is 1. The molecule has 7 heteroatoms. The van der Waals surface area contributed by atoms with Crippen LogP contribution in [0.4, 0.5) is 0 Å². The van der Waals surface area contributed by atoms with E-state index in [0.717, 1.165) is 34.1 Å². The van der Waals surface area contributed by atoms with Crippen molar-refractivity contribution in [3.05, 3.63) is 100 Å². The lowest BCUT2D eigenvalue weighted by molar-refractivity contribution is 0.0686. The van der Waals surface area contributed by atoms with E-state index in [1.165, 1.54) is 0 Å². The van der Waals surface area contributed by atoms with Crippen LogP contribution in [-0.4, -0.2) is 38.3 Å². The van der Waals surface area contributed by atoms with Crippen molar-refractivity contribution in [2.75, 3.05) is 6.54 Å². The van der Waals surface area contributed by atoms with Gasteiger partial charge in [-0.05, 0) is 66.9 Å². The second kappa shape index (κ2) is 10.2. The molecule has 0 aliphatic rings. The predicted molar refractivity (Wildman–Crippen MR) is 130 cm³/mol.